The molecule has 200 valence electrons. The molecule has 3 rings (SSSR count). The van der Waals surface area contributed by atoms with Crippen LogP contribution in [0.15, 0.2) is 18.2 Å². The van der Waals surface area contributed by atoms with Crippen LogP contribution in [0.25, 0.3) is 0 Å². The standard InChI is InChI=1S/C28H35ClF5NO/c1-4-6-8-17(3)14-20-15-18-10-12-22(28(33,34)24(18)27(32)35-20)21-11-13-23(26(31)25(21)30)36-16-19(29)9-7-5-2/h11,13,15,17,19,22H,4-10,12,14,16H2,1-3H3. The Morgan fingerprint density at radius 3 is 2.47 bits per heavy atom. The van der Waals surface area contributed by atoms with Gasteiger partial charge >= 0.3 is 0 Å². The number of nitrogens with zero attached hydrogens (tertiary/aromatic N) is 1. The van der Waals surface area contributed by atoms with Crippen LogP contribution in [0.5, 0.6) is 5.75 Å². The highest BCUT2D eigenvalue weighted by Gasteiger charge is 2.50. The van der Waals surface area contributed by atoms with Crippen molar-refractivity contribution in [3.8, 4) is 5.75 Å². The minimum Gasteiger partial charge on any atom is -0.489 e. The Morgan fingerprint density at radius 2 is 1.78 bits per heavy atom. The van der Waals surface area contributed by atoms with Crippen molar-refractivity contribution in [2.24, 2.45) is 5.92 Å². The lowest BCUT2D eigenvalue weighted by molar-refractivity contribution is -0.0486. The van der Waals surface area contributed by atoms with E-state index in [0.29, 0.717) is 18.5 Å². The largest absolute Gasteiger partial charge is 0.489 e. The monoisotopic (exact) mass is 531 g/mol. The molecule has 1 heterocycles. The molecule has 3 unspecified atom stereocenters. The van der Waals surface area contributed by atoms with Crippen molar-refractivity contribution in [2.75, 3.05) is 6.61 Å². The number of halogens is 6. The molecule has 1 aliphatic rings. The molecule has 1 aromatic heterocycles. The minimum absolute atomic E-state index is 0.0273. The molecule has 0 aliphatic heterocycles. The van der Waals surface area contributed by atoms with Gasteiger partial charge in [-0.05, 0) is 49.3 Å². The summed E-state index contributed by atoms with van der Waals surface area (Å²) in [6.07, 6.45) is 5.97. The van der Waals surface area contributed by atoms with Gasteiger partial charge in [-0.15, -0.1) is 11.6 Å². The maximum atomic E-state index is 15.5. The Balaban J connectivity index is 1.82. The quantitative estimate of drug-likeness (QED) is 0.155. The fourth-order valence-corrected chi connectivity index (χ4v) is 5.12. The Hall–Kier alpha value is -1.89. The van der Waals surface area contributed by atoms with Crippen molar-refractivity contribution >= 4 is 11.6 Å². The molecule has 36 heavy (non-hydrogen) atoms. The Labute approximate surface area is 215 Å². The van der Waals surface area contributed by atoms with E-state index in [4.69, 9.17) is 16.3 Å². The van der Waals surface area contributed by atoms with Gasteiger partial charge in [-0.3, -0.25) is 0 Å². The zero-order valence-electron chi connectivity index (χ0n) is 21.2. The predicted octanol–water partition coefficient (Wildman–Crippen LogP) is 8.87. The van der Waals surface area contributed by atoms with E-state index in [-0.39, 0.29) is 42.1 Å². The fraction of sp³-hybridized carbons (Fsp3) is 0.607. The second-order valence-corrected chi connectivity index (χ2v) is 10.6. The topological polar surface area (TPSA) is 22.1 Å². The Morgan fingerprint density at radius 1 is 1.08 bits per heavy atom. The van der Waals surface area contributed by atoms with E-state index in [2.05, 4.69) is 11.9 Å². The van der Waals surface area contributed by atoms with Gasteiger partial charge in [0.15, 0.2) is 11.6 Å². The van der Waals surface area contributed by atoms with Crippen LogP contribution in [-0.4, -0.2) is 17.0 Å². The number of hydrogen-bond donors (Lipinski definition) is 0. The number of unbranched alkanes of at least 4 members (excludes halogenated alkanes) is 2. The van der Waals surface area contributed by atoms with E-state index >= 15 is 8.78 Å². The number of pyridine rings is 1. The van der Waals surface area contributed by atoms with Gasteiger partial charge in [-0.1, -0.05) is 58.9 Å². The number of alkyl halides is 3. The van der Waals surface area contributed by atoms with Gasteiger partial charge in [0.05, 0.1) is 16.9 Å². The first-order valence-corrected chi connectivity index (χ1v) is 13.3. The van der Waals surface area contributed by atoms with Crippen LogP contribution in [0.4, 0.5) is 22.0 Å². The van der Waals surface area contributed by atoms with Crippen LogP contribution in [0, 0.1) is 23.5 Å². The average molecular weight is 532 g/mol. The normalized spacial score (nSPS) is 18.5. The summed E-state index contributed by atoms with van der Waals surface area (Å²) < 4.78 is 81.0. The van der Waals surface area contributed by atoms with Gasteiger partial charge in [0.2, 0.25) is 11.8 Å². The molecule has 0 saturated carbocycles. The molecule has 3 atom stereocenters. The second-order valence-electron chi connectivity index (χ2n) is 9.94. The molecule has 0 saturated heterocycles. The highest BCUT2D eigenvalue weighted by molar-refractivity contribution is 6.20. The number of ether oxygens (including phenoxy) is 1. The van der Waals surface area contributed by atoms with E-state index in [1.807, 2.05) is 13.8 Å². The molecule has 0 bridgehead atoms. The summed E-state index contributed by atoms with van der Waals surface area (Å²) in [4.78, 5) is 3.83. The summed E-state index contributed by atoms with van der Waals surface area (Å²) in [5.41, 5.74) is -0.688. The van der Waals surface area contributed by atoms with Crippen molar-refractivity contribution in [3.63, 3.8) is 0 Å². The van der Waals surface area contributed by atoms with Crippen LogP contribution in [0.2, 0.25) is 0 Å². The first kappa shape index (κ1) is 28.7. The van der Waals surface area contributed by atoms with Crippen molar-refractivity contribution in [3.05, 3.63) is 58.2 Å². The van der Waals surface area contributed by atoms with Gasteiger partial charge in [-0.25, -0.2) is 18.2 Å². The molecule has 8 heteroatoms. The number of aryl methyl sites for hydroxylation is 1. The summed E-state index contributed by atoms with van der Waals surface area (Å²) in [6, 6.07) is 3.78. The maximum Gasteiger partial charge on any atom is 0.284 e. The van der Waals surface area contributed by atoms with Crippen LogP contribution >= 0.6 is 11.6 Å². The summed E-state index contributed by atoms with van der Waals surface area (Å²) >= 11 is 6.13. The Bertz CT molecular complexity index is 1030. The number of hydrogen-bond acceptors (Lipinski definition) is 2. The summed E-state index contributed by atoms with van der Waals surface area (Å²) in [6.45, 7) is 6.09. The Kier molecular flexibility index (Phi) is 10.0. The molecule has 0 amide bonds. The second kappa shape index (κ2) is 12.6. The molecule has 0 N–H and O–H groups in total. The van der Waals surface area contributed by atoms with Crippen LogP contribution in [0.3, 0.4) is 0 Å². The van der Waals surface area contributed by atoms with E-state index in [1.54, 1.807) is 6.07 Å². The highest BCUT2D eigenvalue weighted by atomic mass is 35.5. The number of benzene rings is 1. The van der Waals surface area contributed by atoms with Crippen LogP contribution in [0.1, 0.15) is 94.0 Å². The third kappa shape index (κ3) is 6.51. The molecule has 0 radical (unpaired) electrons. The first-order chi connectivity index (χ1) is 17.1. The van der Waals surface area contributed by atoms with Crippen LogP contribution < -0.4 is 4.74 Å². The third-order valence-corrected chi connectivity index (χ3v) is 7.28. The minimum atomic E-state index is -3.74. The van der Waals surface area contributed by atoms with E-state index in [0.717, 1.165) is 44.2 Å². The smallest absolute Gasteiger partial charge is 0.284 e. The fourth-order valence-electron chi connectivity index (χ4n) is 4.91. The van der Waals surface area contributed by atoms with Gasteiger partial charge in [0.1, 0.15) is 6.61 Å². The zero-order valence-corrected chi connectivity index (χ0v) is 21.9. The van der Waals surface area contributed by atoms with Crippen molar-refractivity contribution in [1.29, 1.82) is 0 Å². The molecule has 2 aromatic rings. The number of rotatable bonds is 12. The molecule has 1 aliphatic carbocycles. The van der Waals surface area contributed by atoms with Gasteiger partial charge < -0.3 is 4.74 Å². The van der Waals surface area contributed by atoms with E-state index in [1.165, 1.54) is 0 Å². The molecular weight excluding hydrogens is 497 g/mol. The van der Waals surface area contributed by atoms with Crippen molar-refractivity contribution < 1.29 is 26.7 Å². The van der Waals surface area contributed by atoms with Crippen molar-refractivity contribution in [2.45, 2.75) is 95.8 Å². The van der Waals surface area contributed by atoms with Crippen molar-refractivity contribution in [1.82, 2.24) is 4.98 Å². The lowest BCUT2D eigenvalue weighted by atomic mass is 9.77. The van der Waals surface area contributed by atoms with Gasteiger partial charge in [0.25, 0.3) is 5.92 Å². The first-order valence-electron chi connectivity index (χ1n) is 12.9. The molecular formula is C28H35ClF5NO. The summed E-state index contributed by atoms with van der Waals surface area (Å²) in [5.74, 6) is -9.57. The summed E-state index contributed by atoms with van der Waals surface area (Å²) in [7, 11) is 0. The average Bonchev–Trinajstić information content (AvgIpc) is 2.82. The number of fused-ring (bicyclic) bond motifs is 1. The van der Waals surface area contributed by atoms with Gasteiger partial charge in [0, 0.05) is 11.3 Å². The van der Waals surface area contributed by atoms with E-state index in [9.17, 15) is 13.2 Å². The SMILES string of the molecule is CCCCC(C)Cc1cc2c(c(F)n1)C(F)(F)C(c1ccc(OCC(Cl)CCCC)c(F)c1F)CC2. The lowest BCUT2D eigenvalue weighted by Gasteiger charge is -2.34. The summed E-state index contributed by atoms with van der Waals surface area (Å²) in [5, 5.41) is -0.374. The highest BCUT2D eigenvalue weighted by Crippen LogP contribution is 2.51. The molecule has 2 nitrogen and oxygen atoms in total. The number of aromatic nitrogens is 1. The van der Waals surface area contributed by atoms with E-state index < -0.39 is 40.5 Å². The molecule has 1 aromatic carbocycles. The predicted molar refractivity (Wildman–Crippen MR) is 133 cm³/mol. The van der Waals surface area contributed by atoms with Gasteiger partial charge in [-0.2, -0.15) is 8.78 Å². The third-order valence-electron chi connectivity index (χ3n) is 6.93. The zero-order chi connectivity index (χ0) is 26.5. The lowest BCUT2D eigenvalue weighted by Crippen LogP contribution is -2.33. The molecule has 0 fully saturated rings. The maximum absolute atomic E-state index is 15.5. The van der Waals surface area contributed by atoms with Crippen LogP contribution in [-0.2, 0) is 18.8 Å². The molecule has 0 spiro atoms.